The number of nitrogens with zero attached hydrogens (tertiary/aromatic N) is 1. The zero-order valence-electron chi connectivity index (χ0n) is 14.6. The first-order valence-electron chi connectivity index (χ1n) is 7.92. The predicted octanol–water partition coefficient (Wildman–Crippen LogP) is 2.62. The summed E-state index contributed by atoms with van der Waals surface area (Å²) in [6.45, 7) is 0.122. The minimum absolute atomic E-state index is 0.0178. The molecule has 0 aliphatic rings. The fourth-order valence-electron chi connectivity index (χ4n) is 2.37. The van der Waals surface area contributed by atoms with Crippen molar-refractivity contribution in [2.24, 2.45) is 0 Å². The van der Waals surface area contributed by atoms with E-state index in [0.717, 1.165) is 6.26 Å². The first-order valence-corrected chi connectivity index (χ1v) is 9.77. The number of sulfonamides is 1. The highest BCUT2D eigenvalue weighted by atomic mass is 32.2. The van der Waals surface area contributed by atoms with E-state index in [4.69, 9.17) is 4.74 Å². The van der Waals surface area contributed by atoms with Gasteiger partial charge in [0, 0.05) is 30.8 Å². The number of para-hydroxylation sites is 1. The van der Waals surface area contributed by atoms with Crippen molar-refractivity contribution in [1.29, 1.82) is 0 Å². The molecular weight excluding hydrogens is 359 g/mol. The van der Waals surface area contributed by atoms with Gasteiger partial charge >= 0.3 is 0 Å². The van der Waals surface area contributed by atoms with Crippen LogP contribution in [0.1, 0.15) is 12.0 Å². The number of rotatable bonds is 8. The standard InChI is InChI=1S/C18H21FN2O4S/c1-25-17-6-4-3-5-14(17)13-21(26(2,23)24)12-11-18(22)20-16-9-7-15(19)8-10-16/h3-10H,11-13H2,1-2H3,(H,20,22). The van der Waals surface area contributed by atoms with E-state index in [1.54, 1.807) is 24.3 Å². The lowest BCUT2D eigenvalue weighted by Crippen LogP contribution is -2.32. The summed E-state index contributed by atoms with van der Waals surface area (Å²) < 4.78 is 43.5. The molecule has 0 heterocycles. The monoisotopic (exact) mass is 380 g/mol. The number of nitrogens with one attached hydrogen (secondary N) is 1. The van der Waals surface area contributed by atoms with E-state index in [-0.39, 0.29) is 25.4 Å². The molecular formula is C18H21FN2O4S. The topological polar surface area (TPSA) is 75.7 Å². The van der Waals surface area contributed by atoms with Crippen molar-refractivity contribution in [1.82, 2.24) is 4.31 Å². The molecule has 0 saturated carbocycles. The van der Waals surface area contributed by atoms with Gasteiger partial charge in [-0.15, -0.1) is 0 Å². The Hall–Kier alpha value is -2.45. The van der Waals surface area contributed by atoms with E-state index in [1.165, 1.54) is 35.7 Å². The van der Waals surface area contributed by atoms with Gasteiger partial charge in [-0.1, -0.05) is 18.2 Å². The predicted molar refractivity (Wildman–Crippen MR) is 97.9 cm³/mol. The summed E-state index contributed by atoms with van der Waals surface area (Å²) >= 11 is 0. The number of methoxy groups -OCH3 is 1. The molecule has 2 aromatic carbocycles. The van der Waals surface area contributed by atoms with Gasteiger partial charge in [0.1, 0.15) is 11.6 Å². The highest BCUT2D eigenvalue weighted by molar-refractivity contribution is 7.88. The molecule has 6 nitrogen and oxygen atoms in total. The molecule has 0 atom stereocenters. The third-order valence-electron chi connectivity index (χ3n) is 3.72. The number of amides is 1. The lowest BCUT2D eigenvalue weighted by atomic mass is 10.2. The average molecular weight is 380 g/mol. The molecule has 2 aromatic rings. The second kappa shape index (κ2) is 8.77. The van der Waals surface area contributed by atoms with Crippen LogP contribution in [0.3, 0.4) is 0 Å². The van der Waals surface area contributed by atoms with Crippen molar-refractivity contribution in [3.05, 3.63) is 59.9 Å². The maximum atomic E-state index is 12.9. The van der Waals surface area contributed by atoms with Crippen molar-refractivity contribution in [2.75, 3.05) is 25.2 Å². The molecule has 2 rings (SSSR count). The first kappa shape index (κ1) is 19.9. The van der Waals surface area contributed by atoms with E-state index < -0.39 is 15.8 Å². The van der Waals surface area contributed by atoms with E-state index >= 15 is 0 Å². The van der Waals surface area contributed by atoms with Gasteiger partial charge in [-0.2, -0.15) is 4.31 Å². The maximum Gasteiger partial charge on any atom is 0.225 e. The van der Waals surface area contributed by atoms with Crippen LogP contribution in [-0.4, -0.2) is 38.5 Å². The molecule has 0 fully saturated rings. The Bertz CT molecular complexity index is 854. The number of hydrogen-bond donors (Lipinski definition) is 1. The van der Waals surface area contributed by atoms with Crippen molar-refractivity contribution in [3.8, 4) is 5.75 Å². The van der Waals surface area contributed by atoms with Gasteiger partial charge in [0.25, 0.3) is 0 Å². The van der Waals surface area contributed by atoms with Crippen molar-refractivity contribution in [2.45, 2.75) is 13.0 Å². The van der Waals surface area contributed by atoms with Crippen molar-refractivity contribution in [3.63, 3.8) is 0 Å². The summed E-state index contributed by atoms with van der Waals surface area (Å²) in [5, 5.41) is 2.61. The Morgan fingerprint density at radius 2 is 1.81 bits per heavy atom. The number of hydrogen-bond acceptors (Lipinski definition) is 4. The lowest BCUT2D eigenvalue weighted by Gasteiger charge is -2.21. The first-order chi connectivity index (χ1) is 12.3. The highest BCUT2D eigenvalue weighted by Gasteiger charge is 2.20. The fraction of sp³-hybridized carbons (Fsp3) is 0.278. The summed E-state index contributed by atoms with van der Waals surface area (Å²) in [6, 6.07) is 12.5. The van der Waals surface area contributed by atoms with Crippen LogP contribution in [-0.2, 0) is 21.4 Å². The number of halogens is 1. The second-order valence-electron chi connectivity index (χ2n) is 5.71. The Kier molecular flexibility index (Phi) is 6.70. The molecule has 8 heteroatoms. The van der Waals surface area contributed by atoms with Gasteiger partial charge in [0.2, 0.25) is 15.9 Å². The molecule has 0 aliphatic heterocycles. The lowest BCUT2D eigenvalue weighted by molar-refractivity contribution is -0.116. The molecule has 140 valence electrons. The quantitative estimate of drug-likeness (QED) is 0.764. The molecule has 0 spiro atoms. The minimum atomic E-state index is -3.51. The zero-order chi connectivity index (χ0) is 19.2. The van der Waals surface area contributed by atoms with Crippen LogP contribution in [0.5, 0.6) is 5.75 Å². The molecule has 0 bridgehead atoms. The van der Waals surface area contributed by atoms with Crippen LogP contribution in [0.2, 0.25) is 0 Å². The SMILES string of the molecule is COc1ccccc1CN(CCC(=O)Nc1ccc(F)cc1)S(C)(=O)=O. The Morgan fingerprint density at radius 3 is 2.42 bits per heavy atom. The number of anilines is 1. The van der Waals surface area contributed by atoms with Crippen molar-refractivity contribution < 1.29 is 22.3 Å². The van der Waals surface area contributed by atoms with Crippen LogP contribution in [0, 0.1) is 5.82 Å². The summed E-state index contributed by atoms with van der Waals surface area (Å²) in [6.07, 6.45) is 1.07. The van der Waals surface area contributed by atoms with Crippen LogP contribution in [0.15, 0.2) is 48.5 Å². The normalized spacial score (nSPS) is 11.4. The van der Waals surface area contributed by atoms with Crippen molar-refractivity contribution >= 4 is 21.6 Å². The van der Waals surface area contributed by atoms with Crippen LogP contribution in [0.25, 0.3) is 0 Å². The van der Waals surface area contributed by atoms with Gasteiger partial charge < -0.3 is 10.1 Å². The van der Waals surface area contributed by atoms with E-state index in [0.29, 0.717) is 17.0 Å². The van der Waals surface area contributed by atoms with Gasteiger partial charge in [-0.3, -0.25) is 4.79 Å². The Morgan fingerprint density at radius 1 is 1.15 bits per heavy atom. The maximum absolute atomic E-state index is 12.9. The van der Waals surface area contributed by atoms with Gasteiger partial charge in [0.05, 0.1) is 13.4 Å². The number of carbonyl (C=O) groups is 1. The highest BCUT2D eigenvalue weighted by Crippen LogP contribution is 2.20. The third-order valence-corrected chi connectivity index (χ3v) is 4.97. The summed E-state index contributed by atoms with van der Waals surface area (Å²) in [7, 11) is -2.00. The van der Waals surface area contributed by atoms with Crippen LogP contribution < -0.4 is 10.1 Å². The molecule has 1 amide bonds. The largest absolute Gasteiger partial charge is 0.496 e. The van der Waals surface area contributed by atoms with Crippen LogP contribution in [0.4, 0.5) is 10.1 Å². The second-order valence-corrected chi connectivity index (χ2v) is 7.70. The Labute approximate surface area is 152 Å². The van der Waals surface area contributed by atoms with E-state index in [1.807, 2.05) is 0 Å². The molecule has 1 N–H and O–H groups in total. The molecule has 0 aliphatic carbocycles. The summed E-state index contributed by atoms with van der Waals surface area (Å²) in [5.41, 5.74) is 1.16. The average Bonchev–Trinajstić information content (AvgIpc) is 2.60. The molecule has 26 heavy (non-hydrogen) atoms. The van der Waals surface area contributed by atoms with Gasteiger partial charge in [0.15, 0.2) is 0 Å². The van der Waals surface area contributed by atoms with E-state index in [9.17, 15) is 17.6 Å². The fourth-order valence-corrected chi connectivity index (χ4v) is 3.17. The minimum Gasteiger partial charge on any atom is -0.496 e. The molecule has 0 saturated heterocycles. The summed E-state index contributed by atoms with van der Waals surface area (Å²) in [5.74, 6) is -0.176. The number of carbonyl (C=O) groups excluding carboxylic acids is 1. The van der Waals surface area contributed by atoms with Gasteiger partial charge in [-0.05, 0) is 30.3 Å². The molecule has 0 radical (unpaired) electrons. The van der Waals surface area contributed by atoms with Gasteiger partial charge in [-0.25, -0.2) is 12.8 Å². The molecule has 0 unspecified atom stereocenters. The van der Waals surface area contributed by atoms with E-state index in [2.05, 4.69) is 5.32 Å². The number of ether oxygens (including phenoxy) is 1. The zero-order valence-corrected chi connectivity index (χ0v) is 15.4. The number of benzene rings is 2. The smallest absolute Gasteiger partial charge is 0.225 e. The van der Waals surface area contributed by atoms with Crippen LogP contribution >= 0.6 is 0 Å². The Balaban J connectivity index is 2.02. The third kappa shape index (κ3) is 5.82. The summed E-state index contributed by atoms with van der Waals surface area (Å²) in [4.78, 5) is 12.1. The molecule has 0 aromatic heterocycles.